The molecule has 0 saturated heterocycles. The van der Waals surface area contributed by atoms with Crippen molar-refractivity contribution >= 4 is 17.3 Å². The van der Waals surface area contributed by atoms with Crippen LogP contribution in [-0.4, -0.2) is 10.1 Å². The van der Waals surface area contributed by atoms with Crippen LogP contribution in [0.2, 0.25) is 5.02 Å². The minimum Gasteiger partial charge on any atom is -0.398 e. The molecule has 1 heterocycles. The molecule has 0 aliphatic carbocycles. The summed E-state index contributed by atoms with van der Waals surface area (Å²) < 4.78 is 0. The summed E-state index contributed by atoms with van der Waals surface area (Å²) in [4.78, 5) is 4.08. The predicted octanol–water partition coefficient (Wildman–Crippen LogP) is 2.40. The minimum absolute atomic E-state index is 0.453. The van der Waals surface area contributed by atoms with Crippen LogP contribution < -0.4 is 5.73 Å². The van der Waals surface area contributed by atoms with Crippen LogP contribution >= 0.6 is 11.6 Å². The molecule has 0 amide bonds. The van der Waals surface area contributed by atoms with E-state index in [1.807, 2.05) is 6.07 Å². The van der Waals surface area contributed by atoms with E-state index < -0.39 is 6.10 Å². The fourth-order valence-electron chi connectivity index (χ4n) is 1.44. The van der Waals surface area contributed by atoms with Gasteiger partial charge in [-0.05, 0) is 29.8 Å². The first kappa shape index (κ1) is 10.9. The summed E-state index contributed by atoms with van der Waals surface area (Å²) in [6.45, 7) is 0. The molecule has 0 aliphatic heterocycles. The Morgan fingerprint density at radius 1 is 1.25 bits per heavy atom. The van der Waals surface area contributed by atoms with Gasteiger partial charge >= 0.3 is 0 Å². The summed E-state index contributed by atoms with van der Waals surface area (Å²) >= 11 is 5.81. The van der Waals surface area contributed by atoms with Gasteiger partial charge < -0.3 is 10.8 Å². The number of halogens is 1. The second kappa shape index (κ2) is 4.51. The molecule has 1 atom stereocenters. The van der Waals surface area contributed by atoms with Gasteiger partial charge in [-0.25, -0.2) is 0 Å². The molecule has 1 unspecified atom stereocenters. The highest BCUT2D eigenvalue weighted by Gasteiger charge is 2.12. The third-order valence-corrected chi connectivity index (χ3v) is 2.65. The monoisotopic (exact) mass is 234 g/mol. The Balaban J connectivity index is 2.34. The number of pyridine rings is 1. The van der Waals surface area contributed by atoms with Crippen LogP contribution in [0, 0.1) is 0 Å². The number of aromatic nitrogens is 1. The maximum absolute atomic E-state index is 10.0. The molecule has 2 aromatic rings. The molecule has 0 saturated carbocycles. The Morgan fingerprint density at radius 2 is 2.06 bits per heavy atom. The number of aliphatic hydroxyl groups is 1. The molecular formula is C12H11ClN2O. The fraction of sp³-hybridized carbons (Fsp3) is 0.0833. The van der Waals surface area contributed by atoms with E-state index in [0.29, 0.717) is 22.0 Å². The van der Waals surface area contributed by atoms with Gasteiger partial charge in [0, 0.05) is 6.20 Å². The SMILES string of the molecule is Nc1cc(C(O)c2ccccn2)ccc1Cl. The van der Waals surface area contributed by atoms with Gasteiger partial charge in [-0.2, -0.15) is 0 Å². The zero-order valence-electron chi connectivity index (χ0n) is 8.47. The maximum Gasteiger partial charge on any atom is 0.121 e. The number of hydrogen-bond donors (Lipinski definition) is 2. The highest BCUT2D eigenvalue weighted by molar-refractivity contribution is 6.33. The van der Waals surface area contributed by atoms with Gasteiger partial charge in [0.1, 0.15) is 6.10 Å². The molecule has 0 spiro atoms. The van der Waals surface area contributed by atoms with Crippen molar-refractivity contribution < 1.29 is 5.11 Å². The molecule has 2 rings (SSSR count). The van der Waals surface area contributed by atoms with Crippen molar-refractivity contribution in [3.63, 3.8) is 0 Å². The zero-order valence-corrected chi connectivity index (χ0v) is 9.22. The van der Waals surface area contributed by atoms with Crippen molar-refractivity contribution in [3.8, 4) is 0 Å². The Bertz CT molecular complexity index is 488. The maximum atomic E-state index is 10.0. The lowest BCUT2D eigenvalue weighted by molar-refractivity contribution is 0.215. The van der Waals surface area contributed by atoms with Crippen molar-refractivity contribution in [2.24, 2.45) is 0 Å². The molecule has 1 aromatic heterocycles. The second-order valence-electron chi connectivity index (χ2n) is 3.44. The van der Waals surface area contributed by atoms with Gasteiger partial charge in [0.05, 0.1) is 16.4 Å². The van der Waals surface area contributed by atoms with Gasteiger partial charge in [-0.3, -0.25) is 4.98 Å². The number of nitrogens with two attached hydrogens (primary N) is 1. The molecule has 3 N–H and O–H groups in total. The number of rotatable bonds is 2. The van der Waals surface area contributed by atoms with Crippen molar-refractivity contribution in [2.75, 3.05) is 5.73 Å². The van der Waals surface area contributed by atoms with Gasteiger partial charge in [-0.15, -0.1) is 0 Å². The smallest absolute Gasteiger partial charge is 0.121 e. The normalized spacial score (nSPS) is 12.4. The van der Waals surface area contributed by atoms with E-state index in [9.17, 15) is 5.11 Å². The number of benzene rings is 1. The van der Waals surface area contributed by atoms with Gasteiger partial charge in [-0.1, -0.05) is 23.7 Å². The third kappa shape index (κ3) is 2.15. The number of nitrogens with zero attached hydrogens (tertiary/aromatic N) is 1. The predicted molar refractivity (Wildman–Crippen MR) is 64.2 cm³/mol. The first-order valence-electron chi connectivity index (χ1n) is 4.82. The Kier molecular flexibility index (Phi) is 3.08. The third-order valence-electron chi connectivity index (χ3n) is 2.30. The van der Waals surface area contributed by atoms with Crippen molar-refractivity contribution in [1.82, 2.24) is 4.98 Å². The molecule has 3 nitrogen and oxygen atoms in total. The van der Waals surface area contributed by atoms with E-state index in [0.717, 1.165) is 0 Å². The number of aliphatic hydroxyl groups excluding tert-OH is 1. The lowest BCUT2D eigenvalue weighted by Gasteiger charge is -2.11. The molecule has 0 bridgehead atoms. The quantitative estimate of drug-likeness (QED) is 0.785. The summed E-state index contributed by atoms with van der Waals surface area (Å²) in [5.41, 5.74) is 7.39. The van der Waals surface area contributed by atoms with Crippen LogP contribution in [0.15, 0.2) is 42.6 Å². The summed E-state index contributed by atoms with van der Waals surface area (Å²) in [6.07, 6.45) is 0.860. The Labute approximate surface area is 98.5 Å². The Morgan fingerprint density at radius 3 is 2.69 bits per heavy atom. The van der Waals surface area contributed by atoms with E-state index >= 15 is 0 Å². The number of hydrogen-bond acceptors (Lipinski definition) is 3. The average Bonchev–Trinajstić information content (AvgIpc) is 2.33. The van der Waals surface area contributed by atoms with Crippen molar-refractivity contribution in [1.29, 1.82) is 0 Å². The first-order chi connectivity index (χ1) is 7.68. The van der Waals surface area contributed by atoms with Gasteiger partial charge in [0.2, 0.25) is 0 Å². The van der Waals surface area contributed by atoms with Gasteiger partial charge in [0.25, 0.3) is 0 Å². The van der Waals surface area contributed by atoms with Crippen LogP contribution in [0.25, 0.3) is 0 Å². The van der Waals surface area contributed by atoms with E-state index in [1.165, 1.54) is 0 Å². The largest absolute Gasteiger partial charge is 0.398 e. The average molecular weight is 235 g/mol. The number of anilines is 1. The highest BCUT2D eigenvalue weighted by Crippen LogP contribution is 2.26. The summed E-state index contributed by atoms with van der Waals surface area (Å²) in [6, 6.07) is 10.4. The van der Waals surface area contributed by atoms with Crippen molar-refractivity contribution in [2.45, 2.75) is 6.10 Å². The lowest BCUT2D eigenvalue weighted by Crippen LogP contribution is -2.02. The summed E-state index contributed by atoms with van der Waals surface area (Å²) in [7, 11) is 0. The lowest BCUT2D eigenvalue weighted by atomic mass is 10.1. The summed E-state index contributed by atoms with van der Waals surface area (Å²) in [5, 5.41) is 10.5. The Hall–Kier alpha value is -1.58. The highest BCUT2D eigenvalue weighted by atomic mass is 35.5. The van der Waals surface area contributed by atoms with Crippen LogP contribution in [0.4, 0.5) is 5.69 Å². The molecule has 0 aliphatic rings. The molecular weight excluding hydrogens is 224 g/mol. The van der Waals surface area contributed by atoms with Crippen LogP contribution in [0.1, 0.15) is 17.4 Å². The zero-order chi connectivity index (χ0) is 11.5. The molecule has 0 fully saturated rings. The van der Waals surface area contributed by atoms with Crippen molar-refractivity contribution in [3.05, 3.63) is 58.9 Å². The standard InChI is InChI=1S/C12H11ClN2O/c13-9-5-4-8(7-10(9)14)12(16)11-3-1-2-6-15-11/h1-7,12,16H,14H2. The van der Waals surface area contributed by atoms with E-state index in [4.69, 9.17) is 17.3 Å². The van der Waals surface area contributed by atoms with E-state index in [2.05, 4.69) is 4.98 Å². The topological polar surface area (TPSA) is 59.1 Å². The van der Waals surface area contributed by atoms with Crippen LogP contribution in [0.3, 0.4) is 0 Å². The molecule has 4 heteroatoms. The van der Waals surface area contributed by atoms with Crippen LogP contribution in [-0.2, 0) is 0 Å². The van der Waals surface area contributed by atoms with E-state index in [-0.39, 0.29) is 0 Å². The first-order valence-corrected chi connectivity index (χ1v) is 5.20. The molecule has 1 aromatic carbocycles. The van der Waals surface area contributed by atoms with E-state index in [1.54, 1.807) is 36.5 Å². The fourth-order valence-corrected chi connectivity index (χ4v) is 1.56. The molecule has 0 radical (unpaired) electrons. The molecule has 82 valence electrons. The van der Waals surface area contributed by atoms with Crippen LogP contribution in [0.5, 0.6) is 0 Å². The number of nitrogen functional groups attached to an aromatic ring is 1. The second-order valence-corrected chi connectivity index (χ2v) is 3.85. The van der Waals surface area contributed by atoms with Gasteiger partial charge in [0.15, 0.2) is 0 Å². The summed E-state index contributed by atoms with van der Waals surface area (Å²) in [5.74, 6) is 0. The minimum atomic E-state index is -0.777. The molecule has 16 heavy (non-hydrogen) atoms.